The van der Waals surface area contributed by atoms with Gasteiger partial charge in [-0.3, -0.25) is 4.79 Å². The maximum absolute atomic E-state index is 10.6. The highest BCUT2D eigenvalue weighted by atomic mass is 16.3. The first-order valence-corrected chi connectivity index (χ1v) is 6.85. The highest BCUT2D eigenvalue weighted by Crippen LogP contribution is 2.15. The van der Waals surface area contributed by atoms with Crippen molar-refractivity contribution in [2.24, 2.45) is 11.7 Å². The zero-order valence-corrected chi connectivity index (χ0v) is 12.0. The molecular formula is C15H24N2O3. The zero-order valence-electron chi connectivity index (χ0n) is 12.0. The number of hydrogen-bond acceptors (Lipinski definition) is 4. The van der Waals surface area contributed by atoms with E-state index in [4.69, 9.17) is 5.73 Å². The summed E-state index contributed by atoms with van der Waals surface area (Å²) in [5.41, 5.74) is 6.98. The lowest BCUT2D eigenvalue weighted by atomic mass is 10.0. The first-order valence-electron chi connectivity index (χ1n) is 6.85. The molecule has 0 aliphatic heterocycles. The third-order valence-corrected chi connectivity index (χ3v) is 3.01. The van der Waals surface area contributed by atoms with Crippen LogP contribution in [0.3, 0.4) is 0 Å². The van der Waals surface area contributed by atoms with Crippen molar-refractivity contribution in [3.8, 4) is 0 Å². The quantitative estimate of drug-likeness (QED) is 0.553. The number of primary amides is 1. The number of benzene rings is 1. The molecule has 0 radical (unpaired) electrons. The molecule has 0 heterocycles. The smallest absolute Gasteiger partial charge is 0.247 e. The number of amides is 1. The molecule has 1 aromatic rings. The summed E-state index contributed by atoms with van der Waals surface area (Å²) in [5, 5.41) is 22.0. The van der Waals surface area contributed by atoms with Crippen molar-refractivity contribution in [3.05, 3.63) is 35.4 Å². The molecule has 2 atom stereocenters. The summed E-state index contributed by atoms with van der Waals surface area (Å²) in [5.74, 6) is -0.173. The van der Waals surface area contributed by atoms with E-state index in [9.17, 15) is 15.0 Å². The van der Waals surface area contributed by atoms with Crippen LogP contribution in [-0.2, 0) is 11.2 Å². The van der Waals surface area contributed by atoms with Gasteiger partial charge in [0.1, 0.15) is 6.10 Å². The second-order valence-corrected chi connectivity index (χ2v) is 5.43. The molecule has 0 bridgehead atoms. The fraction of sp³-hybridized carbons (Fsp3) is 0.533. The number of carbonyl (C=O) groups excluding carboxylic acids is 1. The first-order chi connectivity index (χ1) is 9.40. The van der Waals surface area contributed by atoms with Gasteiger partial charge in [-0.2, -0.15) is 0 Å². The van der Waals surface area contributed by atoms with Crippen LogP contribution in [0.4, 0.5) is 0 Å². The Morgan fingerprint density at radius 2 is 1.80 bits per heavy atom. The van der Waals surface area contributed by atoms with Crippen molar-refractivity contribution in [2.45, 2.75) is 32.5 Å². The molecule has 1 rings (SSSR count). The largest absolute Gasteiger partial charge is 0.387 e. The molecule has 0 fully saturated rings. The lowest BCUT2D eigenvalue weighted by molar-refractivity contribution is -0.125. The Morgan fingerprint density at radius 3 is 2.30 bits per heavy atom. The van der Waals surface area contributed by atoms with Crippen LogP contribution in [0, 0.1) is 5.92 Å². The van der Waals surface area contributed by atoms with Crippen molar-refractivity contribution in [3.63, 3.8) is 0 Å². The standard InChI is InChI=1S/C15H24N2O3/c1-10(2)7-11-3-5-12(6-4-11)13(18)8-17-9-14(19)15(16)20/h3-6,10,13-14,17-19H,7-9H2,1-2H3,(H2,16,20). The predicted octanol–water partition coefficient (Wildman–Crippen LogP) is 0.354. The molecule has 20 heavy (non-hydrogen) atoms. The molecule has 1 aromatic carbocycles. The van der Waals surface area contributed by atoms with Gasteiger partial charge in [-0.15, -0.1) is 0 Å². The van der Waals surface area contributed by atoms with Gasteiger partial charge < -0.3 is 21.3 Å². The molecule has 0 aromatic heterocycles. The Hall–Kier alpha value is -1.43. The summed E-state index contributed by atoms with van der Waals surface area (Å²) in [7, 11) is 0. The van der Waals surface area contributed by atoms with Gasteiger partial charge in [0.25, 0.3) is 0 Å². The molecule has 0 saturated carbocycles. The summed E-state index contributed by atoms with van der Waals surface area (Å²) >= 11 is 0. The highest BCUT2D eigenvalue weighted by molar-refractivity contribution is 5.78. The summed E-state index contributed by atoms with van der Waals surface area (Å²) in [6.45, 7) is 4.62. The molecule has 5 heteroatoms. The fourth-order valence-electron chi connectivity index (χ4n) is 1.92. The van der Waals surface area contributed by atoms with Crippen molar-refractivity contribution in [1.82, 2.24) is 5.32 Å². The van der Waals surface area contributed by atoms with Crippen LogP contribution in [-0.4, -0.2) is 35.3 Å². The highest BCUT2D eigenvalue weighted by Gasteiger charge is 2.12. The van der Waals surface area contributed by atoms with Crippen molar-refractivity contribution in [2.75, 3.05) is 13.1 Å². The van der Waals surface area contributed by atoms with Crippen LogP contribution in [0.15, 0.2) is 24.3 Å². The second kappa shape index (κ2) is 7.99. The van der Waals surface area contributed by atoms with E-state index < -0.39 is 18.1 Å². The number of hydrogen-bond donors (Lipinski definition) is 4. The zero-order chi connectivity index (χ0) is 15.1. The van der Waals surface area contributed by atoms with Gasteiger partial charge in [0, 0.05) is 13.1 Å². The molecule has 2 unspecified atom stereocenters. The average Bonchev–Trinajstić information content (AvgIpc) is 2.38. The third kappa shape index (κ3) is 5.69. The minimum absolute atomic E-state index is 0.0395. The van der Waals surface area contributed by atoms with Crippen LogP contribution < -0.4 is 11.1 Å². The van der Waals surface area contributed by atoms with E-state index in [-0.39, 0.29) is 13.1 Å². The minimum atomic E-state index is -1.23. The second-order valence-electron chi connectivity index (χ2n) is 5.43. The fourth-order valence-corrected chi connectivity index (χ4v) is 1.92. The van der Waals surface area contributed by atoms with E-state index in [0.717, 1.165) is 12.0 Å². The Labute approximate surface area is 119 Å². The molecule has 112 valence electrons. The Morgan fingerprint density at radius 1 is 1.20 bits per heavy atom. The predicted molar refractivity (Wildman–Crippen MR) is 78.0 cm³/mol. The SMILES string of the molecule is CC(C)Cc1ccc(C(O)CNCC(O)C(N)=O)cc1. The van der Waals surface area contributed by atoms with E-state index in [1.165, 1.54) is 5.56 Å². The van der Waals surface area contributed by atoms with Crippen molar-refractivity contribution >= 4 is 5.91 Å². The Kier molecular flexibility index (Phi) is 6.64. The molecule has 0 saturated heterocycles. The minimum Gasteiger partial charge on any atom is -0.387 e. The average molecular weight is 280 g/mol. The molecule has 5 N–H and O–H groups in total. The normalized spacial score (nSPS) is 14.2. The summed E-state index contributed by atoms with van der Waals surface area (Å²) in [4.78, 5) is 10.6. The van der Waals surface area contributed by atoms with Gasteiger partial charge >= 0.3 is 0 Å². The Balaban J connectivity index is 2.43. The molecule has 0 aliphatic rings. The molecular weight excluding hydrogens is 256 g/mol. The molecule has 0 spiro atoms. The van der Waals surface area contributed by atoms with Crippen LogP contribution >= 0.6 is 0 Å². The van der Waals surface area contributed by atoms with E-state index >= 15 is 0 Å². The van der Waals surface area contributed by atoms with Gasteiger partial charge in [-0.05, 0) is 23.5 Å². The van der Waals surface area contributed by atoms with E-state index in [2.05, 4.69) is 19.2 Å². The van der Waals surface area contributed by atoms with Gasteiger partial charge in [0.15, 0.2) is 0 Å². The third-order valence-electron chi connectivity index (χ3n) is 3.01. The molecule has 0 aliphatic carbocycles. The van der Waals surface area contributed by atoms with Crippen molar-refractivity contribution < 1.29 is 15.0 Å². The first kappa shape index (κ1) is 16.6. The van der Waals surface area contributed by atoms with Crippen LogP contribution in [0.2, 0.25) is 0 Å². The van der Waals surface area contributed by atoms with E-state index in [1.54, 1.807) is 0 Å². The van der Waals surface area contributed by atoms with Crippen molar-refractivity contribution in [1.29, 1.82) is 0 Å². The van der Waals surface area contributed by atoms with Gasteiger partial charge in [-0.1, -0.05) is 38.1 Å². The van der Waals surface area contributed by atoms with E-state index in [1.807, 2.05) is 24.3 Å². The summed E-state index contributed by atoms with van der Waals surface area (Å²) < 4.78 is 0. The number of aliphatic hydroxyl groups is 2. The topological polar surface area (TPSA) is 95.6 Å². The molecule has 1 amide bonds. The summed E-state index contributed by atoms with van der Waals surface area (Å²) in [6.07, 6.45) is -0.891. The number of rotatable bonds is 8. The van der Waals surface area contributed by atoms with Gasteiger partial charge in [-0.25, -0.2) is 0 Å². The van der Waals surface area contributed by atoms with E-state index in [0.29, 0.717) is 5.92 Å². The monoisotopic (exact) mass is 280 g/mol. The van der Waals surface area contributed by atoms with Gasteiger partial charge in [0.2, 0.25) is 5.91 Å². The van der Waals surface area contributed by atoms with Crippen LogP contribution in [0.1, 0.15) is 31.1 Å². The van der Waals surface area contributed by atoms with Gasteiger partial charge in [0.05, 0.1) is 6.10 Å². The summed E-state index contributed by atoms with van der Waals surface area (Å²) in [6, 6.07) is 7.82. The number of nitrogens with two attached hydrogens (primary N) is 1. The maximum atomic E-state index is 10.6. The number of nitrogens with one attached hydrogen (secondary N) is 1. The lowest BCUT2D eigenvalue weighted by Crippen LogP contribution is -2.38. The van der Waals surface area contributed by atoms with Crippen LogP contribution in [0.5, 0.6) is 0 Å². The number of aliphatic hydroxyl groups excluding tert-OH is 2. The molecule has 5 nitrogen and oxygen atoms in total. The Bertz CT molecular complexity index is 418. The lowest BCUT2D eigenvalue weighted by Gasteiger charge is -2.14. The maximum Gasteiger partial charge on any atom is 0.247 e. The number of carbonyl (C=O) groups is 1. The van der Waals surface area contributed by atoms with Crippen LogP contribution in [0.25, 0.3) is 0 Å².